The molecule has 0 bridgehead atoms. The fourth-order valence-corrected chi connectivity index (χ4v) is 1.13. The Balaban J connectivity index is 1.83. The summed E-state index contributed by atoms with van der Waals surface area (Å²) in [6.45, 7) is 2.00. The van der Waals surface area contributed by atoms with E-state index in [0.29, 0.717) is 25.0 Å². The monoisotopic (exact) mass is 199 g/mol. The van der Waals surface area contributed by atoms with Crippen molar-refractivity contribution in [2.75, 3.05) is 13.2 Å². The Hall–Kier alpha value is -0.640. The Morgan fingerprint density at radius 1 is 1.54 bits per heavy atom. The van der Waals surface area contributed by atoms with Gasteiger partial charge in [0.2, 0.25) is 0 Å². The van der Waals surface area contributed by atoms with Gasteiger partial charge in [-0.2, -0.15) is 0 Å². The summed E-state index contributed by atoms with van der Waals surface area (Å²) in [5, 5.41) is 0.510. The van der Waals surface area contributed by atoms with Crippen LogP contribution in [0, 0.1) is 0 Å². The van der Waals surface area contributed by atoms with Crippen LogP contribution in [0.2, 0.25) is 5.15 Å². The second-order valence-corrected chi connectivity index (χ2v) is 3.35. The van der Waals surface area contributed by atoms with Gasteiger partial charge >= 0.3 is 0 Å². The molecule has 70 valence electrons. The van der Waals surface area contributed by atoms with Gasteiger partial charge in [0.05, 0.1) is 19.8 Å². The van der Waals surface area contributed by atoms with Gasteiger partial charge in [-0.1, -0.05) is 17.7 Å². The maximum atomic E-state index is 5.64. The van der Waals surface area contributed by atoms with Crippen LogP contribution in [0.15, 0.2) is 18.3 Å². The van der Waals surface area contributed by atoms with Crippen LogP contribution in [-0.2, 0) is 16.1 Å². The maximum Gasteiger partial charge on any atom is 0.129 e. The smallest absolute Gasteiger partial charge is 0.129 e. The van der Waals surface area contributed by atoms with Crippen LogP contribution in [0.4, 0.5) is 0 Å². The second-order valence-electron chi connectivity index (χ2n) is 2.96. The average molecular weight is 200 g/mol. The lowest BCUT2D eigenvalue weighted by atomic mass is 10.3. The fourth-order valence-electron chi connectivity index (χ4n) is 1.02. The van der Waals surface area contributed by atoms with E-state index in [1.807, 2.05) is 6.07 Å². The van der Waals surface area contributed by atoms with Gasteiger partial charge in [-0.05, 0) is 11.6 Å². The van der Waals surface area contributed by atoms with Crippen LogP contribution in [0.25, 0.3) is 0 Å². The van der Waals surface area contributed by atoms with Gasteiger partial charge in [0, 0.05) is 6.20 Å². The van der Waals surface area contributed by atoms with Crippen molar-refractivity contribution >= 4 is 11.6 Å². The van der Waals surface area contributed by atoms with E-state index in [4.69, 9.17) is 21.1 Å². The zero-order valence-electron chi connectivity index (χ0n) is 7.07. The van der Waals surface area contributed by atoms with Crippen LogP contribution in [0.5, 0.6) is 0 Å². The minimum Gasteiger partial charge on any atom is -0.376 e. The van der Waals surface area contributed by atoms with E-state index >= 15 is 0 Å². The predicted molar refractivity (Wildman–Crippen MR) is 48.6 cm³/mol. The fraction of sp³-hybridized carbons (Fsp3) is 0.444. The zero-order valence-corrected chi connectivity index (χ0v) is 7.83. The van der Waals surface area contributed by atoms with Gasteiger partial charge in [0.15, 0.2) is 0 Å². The molecule has 0 unspecified atom stereocenters. The maximum absolute atomic E-state index is 5.64. The Kier molecular flexibility index (Phi) is 2.78. The highest BCUT2D eigenvalue weighted by Crippen LogP contribution is 2.10. The molecule has 1 aromatic rings. The molecule has 2 heterocycles. The van der Waals surface area contributed by atoms with Crippen molar-refractivity contribution < 1.29 is 9.47 Å². The third-order valence-corrected chi connectivity index (χ3v) is 2.11. The first-order valence-electron chi connectivity index (χ1n) is 4.14. The lowest BCUT2D eigenvalue weighted by Crippen LogP contribution is -2.35. The highest BCUT2D eigenvalue weighted by Gasteiger charge is 2.18. The first-order valence-corrected chi connectivity index (χ1v) is 4.52. The topological polar surface area (TPSA) is 31.4 Å². The van der Waals surface area contributed by atoms with Gasteiger partial charge in [0.1, 0.15) is 11.3 Å². The summed E-state index contributed by atoms with van der Waals surface area (Å²) in [6, 6.07) is 3.67. The van der Waals surface area contributed by atoms with E-state index in [0.717, 1.165) is 5.56 Å². The van der Waals surface area contributed by atoms with E-state index in [-0.39, 0.29) is 6.10 Å². The summed E-state index contributed by atoms with van der Waals surface area (Å²) >= 11 is 5.64. The standard InChI is InChI=1S/C9H10ClNO2/c10-9-2-1-7(3-11-9)4-13-8-5-12-6-8/h1-3,8H,4-6H2. The molecule has 3 nitrogen and oxygen atoms in total. The van der Waals surface area contributed by atoms with Gasteiger partial charge in [-0.25, -0.2) is 4.98 Å². The van der Waals surface area contributed by atoms with E-state index in [2.05, 4.69) is 4.98 Å². The van der Waals surface area contributed by atoms with Crippen molar-refractivity contribution in [3.63, 3.8) is 0 Å². The first-order chi connectivity index (χ1) is 6.34. The first kappa shape index (κ1) is 8.94. The number of aromatic nitrogens is 1. The summed E-state index contributed by atoms with van der Waals surface area (Å²) in [5.41, 5.74) is 1.04. The summed E-state index contributed by atoms with van der Waals surface area (Å²) in [4.78, 5) is 3.96. The molecular weight excluding hydrogens is 190 g/mol. The average Bonchev–Trinajstić information content (AvgIpc) is 2.05. The van der Waals surface area contributed by atoms with Crippen molar-refractivity contribution in [2.24, 2.45) is 0 Å². The Labute approximate surface area is 81.6 Å². The molecule has 4 heteroatoms. The van der Waals surface area contributed by atoms with Gasteiger partial charge in [0.25, 0.3) is 0 Å². The summed E-state index contributed by atoms with van der Waals surface area (Å²) < 4.78 is 10.5. The summed E-state index contributed by atoms with van der Waals surface area (Å²) in [6.07, 6.45) is 1.98. The number of hydrogen-bond donors (Lipinski definition) is 0. The summed E-state index contributed by atoms with van der Waals surface area (Å²) in [5.74, 6) is 0. The van der Waals surface area contributed by atoms with Crippen LogP contribution in [0.3, 0.4) is 0 Å². The van der Waals surface area contributed by atoms with Gasteiger partial charge in [-0.15, -0.1) is 0 Å². The molecule has 0 N–H and O–H groups in total. The molecule has 1 saturated heterocycles. The number of hydrogen-bond acceptors (Lipinski definition) is 3. The van der Waals surface area contributed by atoms with E-state index < -0.39 is 0 Å². The molecule has 0 amide bonds. The normalized spacial score (nSPS) is 17.0. The third kappa shape index (κ3) is 2.40. The molecular formula is C9H10ClNO2. The van der Waals surface area contributed by atoms with Crippen molar-refractivity contribution in [3.05, 3.63) is 29.0 Å². The molecule has 0 aromatic carbocycles. The molecule has 1 fully saturated rings. The largest absolute Gasteiger partial charge is 0.376 e. The van der Waals surface area contributed by atoms with Crippen molar-refractivity contribution in [2.45, 2.75) is 12.7 Å². The highest BCUT2D eigenvalue weighted by atomic mass is 35.5. The van der Waals surface area contributed by atoms with Crippen molar-refractivity contribution in [1.29, 1.82) is 0 Å². The van der Waals surface area contributed by atoms with Gasteiger partial charge < -0.3 is 9.47 Å². The Bertz CT molecular complexity index is 271. The molecule has 2 rings (SSSR count). The molecule has 0 aliphatic carbocycles. The third-order valence-electron chi connectivity index (χ3n) is 1.88. The van der Waals surface area contributed by atoms with Crippen LogP contribution in [-0.4, -0.2) is 24.3 Å². The SMILES string of the molecule is Clc1ccc(COC2COC2)cn1. The predicted octanol–water partition coefficient (Wildman–Crippen LogP) is 1.65. The van der Waals surface area contributed by atoms with E-state index in [1.165, 1.54) is 0 Å². The van der Waals surface area contributed by atoms with E-state index in [1.54, 1.807) is 12.3 Å². The molecule has 0 atom stereocenters. The lowest BCUT2D eigenvalue weighted by molar-refractivity contribution is -0.135. The van der Waals surface area contributed by atoms with Crippen LogP contribution in [0.1, 0.15) is 5.56 Å². The van der Waals surface area contributed by atoms with Crippen molar-refractivity contribution in [1.82, 2.24) is 4.98 Å². The second kappa shape index (κ2) is 4.05. The van der Waals surface area contributed by atoms with Crippen molar-refractivity contribution in [3.8, 4) is 0 Å². The minimum absolute atomic E-state index is 0.260. The highest BCUT2D eigenvalue weighted by molar-refractivity contribution is 6.29. The molecule has 1 aliphatic rings. The number of nitrogens with zero attached hydrogens (tertiary/aromatic N) is 1. The number of ether oxygens (including phenoxy) is 2. The number of pyridine rings is 1. The molecule has 13 heavy (non-hydrogen) atoms. The number of halogens is 1. The molecule has 1 aromatic heterocycles. The Morgan fingerprint density at radius 2 is 2.38 bits per heavy atom. The van der Waals surface area contributed by atoms with Gasteiger partial charge in [-0.3, -0.25) is 0 Å². The molecule has 0 radical (unpaired) electrons. The van der Waals surface area contributed by atoms with Crippen LogP contribution < -0.4 is 0 Å². The molecule has 1 aliphatic heterocycles. The molecule has 0 saturated carbocycles. The zero-order chi connectivity index (χ0) is 9.10. The molecule has 0 spiro atoms. The van der Waals surface area contributed by atoms with E-state index in [9.17, 15) is 0 Å². The Morgan fingerprint density at radius 3 is 2.92 bits per heavy atom. The quantitative estimate of drug-likeness (QED) is 0.694. The van der Waals surface area contributed by atoms with Crippen LogP contribution >= 0.6 is 11.6 Å². The summed E-state index contributed by atoms with van der Waals surface area (Å²) in [7, 11) is 0. The lowest BCUT2D eigenvalue weighted by Gasteiger charge is -2.25. The minimum atomic E-state index is 0.260. The number of rotatable bonds is 3.